The van der Waals surface area contributed by atoms with Crippen LogP contribution < -0.4 is 4.90 Å². The number of furan rings is 2. The number of hydrogen-bond donors (Lipinski definition) is 0. The van der Waals surface area contributed by atoms with E-state index in [4.69, 9.17) is 18.8 Å². The number of anilines is 2. The molecule has 0 N–H and O–H groups in total. The summed E-state index contributed by atoms with van der Waals surface area (Å²) in [6, 6.07) is 77.4. The number of aliphatic imine (C=N–C) groups is 1. The second-order valence-electron chi connectivity index (χ2n) is 25.1. The Hall–Kier alpha value is -12.1. The average molecular weight is 1210 g/mol. The van der Waals surface area contributed by atoms with E-state index in [0.29, 0.717) is 0 Å². The summed E-state index contributed by atoms with van der Waals surface area (Å²) in [5, 5.41) is 13.2. The lowest BCUT2D eigenvalue weighted by molar-refractivity contribution is 0.667. The van der Waals surface area contributed by atoms with Crippen LogP contribution in [0.2, 0.25) is 0 Å². The van der Waals surface area contributed by atoms with E-state index in [2.05, 4.69) is 285 Å². The van der Waals surface area contributed by atoms with Crippen molar-refractivity contribution in [1.29, 1.82) is 0 Å². The molecule has 0 spiro atoms. The molecule has 16 aromatic rings. The highest BCUT2D eigenvalue weighted by Crippen LogP contribution is 2.54. The highest BCUT2D eigenvalue weighted by Gasteiger charge is 2.35. The van der Waals surface area contributed by atoms with Crippen LogP contribution in [0.4, 0.5) is 11.4 Å². The van der Waals surface area contributed by atoms with Gasteiger partial charge in [0.15, 0.2) is 5.58 Å². The minimum atomic E-state index is -0.195. The maximum Gasteiger partial charge on any atom is 0.159 e. The van der Waals surface area contributed by atoms with Crippen LogP contribution in [0.3, 0.4) is 0 Å². The van der Waals surface area contributed by atoms with Gasteiger partial charge in [-0.15, -0.1) is 0 Å². The Labute approximate surface area is 543 Å². The van der Waals surface area contributed by atoms with Crippen LogP contribution in [-0.2, 0) is 0 Å². The first-order valence-electron chi connectivity index (χ1n) is 32.1. The molecule has 1 unspecified atom stereocenters. The first-order valence-corrected chi connectivity index (χ1v) is 32.1. The molecule has 0 saturated heterocycles. The average Bonchev–Trinajstić information content (AvgIpc) is 1.54. The summed E-state index contributed by atoms with van der Waals surface area (Å²) >= 11 is 0. The van der Waals surface area contributed by atoms with E-state index >= 15 is 0 Å². The number of benzene rings is 11. The number of aromatic nitrogens is 3. The zero-order valence-electron chi connectivity index (χ0n) is 52.0. The van der Waals surface area contributed by atoms with E-state index in [0.717, 1.165) is 155 Å². The van der Waals surface area contributed by atoms with Crippen molar-refractivity contribution in [3.63, 3.8) is 0 Å². The zero-order chi connectivity index (χ0) is 62.7. The van der Waals surface area contributed by atoms with Crippen LogP contribution in [0.25, 0.3) is 160 Å². The Balaban J connectivity index is 0.902. The molecule has 7 nitrogen and oxygen atoms in total. The highest BCUT2D eigenvalue weighted by molar-refractivity contribution is 6.38. The van der Waals surface area contributed by atoms with Crippen LogP contribution >= 0.6 is 0 Å². The van der Waals surface area contributed by atoms with Gasteiger partial charge in [-0.2, -0.15) is 0 Å². The molecule has 1 aliphatic carbocycles. The third kappa shape index (κ3) is 8.73. The molecule has 0 amide bonds. The molecule has 0 bridgehead atoms. The fourth-order valence-electron chi connectivity index (χ4n) is 15.0. The summed E-state index contributed by atoms with van der Waals surface area (Å²) in [7, 11) is 0. The van der Waals surface area contributed by atoms with Crippen molar-refractivity contribution in [2.75, 3.05) is 4.90 Å². The summed E-state index contributed by atoms with van der Waals surface area (Å²) in [6.07, 6.45) is 22.7. The molecule has 18 rings (SSSR count). The first-order chi connectivity index (χ1) is 46.3. The molecule has 12 aromatic carbocycles. The number of para-hydroxylation sites is 1. The SMILES string of the molecule is C=N/C=C\C=C(/C)c1ccccc1-c1ccc(-c2ccc3c4cc(-c5cnc(C(C)C)nc5)cc5oc6c(N7c8ccccc8C=C8C(c9c%10ccccc%10cc%10ccccc9%10)=CC=CC87)ccc(c7cc(-c8ccc(-c9ccncc9)cc8)cc8oc2c3c87)c6c54)cc1. The molecule has 94 heavy (non-hydrogen) atoms. The van der Waals surface area contributed by atoms with Crippen molar-refractivity contribution in [2.45, 2.75) is 32.7 Å². The van der Waals surface area contributed by atoms with Gasteiger partial charge < -0.3 is 13.7 Å². The van der Waals surface area contributed by atoms with Crippen molar-refractivity contribution in [3.8, 4) is 55.6 Å². The van der Waals surface area contributed by atoms with E-state index < -0.39 is 0 Å². The number of pyridine rings is 1. The largest absolute Gasteiger partial charge is 0.455 e. The topological polar surface area (TPSA) is 80.5 Å². The van der Waals surface area contributed by atoms with Crippen molar-refractivity contribution >= 4 is 122 Å². The van der Waals surface area contributed by atoms with Gasteiger partial charge in [-0.25, -0.2) is 9.97 Å². The minimum absolute atomic E-state index is 0.174. The molecule has 1 aliphatic heterocycles. The van der Waals surface area contributed by atoms with Gasteiger partial charge in [0, 0.05) is 75.3 Å². The van der Waals surface area contributed by atoms with Crippen molar-refractivity contribution in [2.24, 2.45) is 4.99 Å². The number of fused-ring (bicyclic) bond motifs is 6. The van der Waals surface area contributed by atoms with E-state index in [-0.39, 0.29) is 12.0 Å². The molecule has 1 atom stereocenters. The number of hydrogen-bond acceptors (Lipinski definition) is 7. The Morgan fingerprint density at radius 1 is 0.521 bits per heavy atom. The fraction of sp³-hybridized carbons (Fsp3) is 0.0575. The van der Waals surface area contributed by atoms with Crippen LogP contribution in [0.5, 0.6) is 0 Å². The predicted molar refractivity (Wildman–Crippen MR) is 393 cm³/mol. The van der Waals surface area contributed by atoms with Crippen molar-refractivity contribution in [1.82, 2.24) is 15.0 Å². The first kappa shape index (κ1) is 54.8. The fourth-order valence-corrected chi connectivity index (χ4v) is 15.0. The molecule has 4 aromatic heterocycles. The third-order valence-corrected chi connectivity index (χ3v) is 19.4. The van der Waals surface area contributed by atoms with Crippen LogP contribution in [0.15, 0.2) is 293 Å². The van der Waals surface area contributed by atoms with Gasteiger partial charge in [0.2, 0.25) is 0 Å². The Morgan fingerprint density at radius 2 is 1.11 bits per heavy atom. The van der Waals surface area contributed by atoms with E-state index in [1.807, 2.05) is 30.9 Å². The molecule has 7 heteroatoms. The second kappa shape index (κ2) is 21.8. The van der Waals surface area contributed by atoms with Gasteiger partial charge in [0.05, 0.1) is 11.7 Å². The number of rotatable bonds is 11. The Kier molecular flexibility index (Phi) is 12.7. The van der Waals surface area contributed by atoms with E-state index in [1.165, 1.54) is 38.3 Å². The standard InChI is InChI=1S/C87H59N5O2/c1-51(2)87-90-49-63(50-91-87)62-46-74-70-35-34-68(57-32-30-56(31-33-57)65-20-11-10-19-64(65)52(3)15-14-40-88-4)85-83(70)81-73(45-61(47-78(81)93-85)54-28-26-53(27-29-54)55-38-41-89-42-39-55)71-36-37-77(86-84(71)82(74)79(48-62)94-86)92-75-24-12-7-18-60(75)44-72-69(23-13-25-76(72)92)80-66-21-8-5-16-58(66)43-59-17-6-9-22-67(59)80/h5-51,76H,4H2,1-3H3/b40-14-,52-15+,73-71?,74-70?. The number of allylic oxidation sites excluding steroid dienone is 5. The number of nitrogens with zero attached hydrogens (tertiary/aromatic N) is 5. The van der Waals surface area contributed by atoms with Gasteiger partial charge in [-0.3, -0.25) is 9.98 Å². The Morgan fingerprint density at radius 3 is 1.81 bits per heavy atom. The monoisotopic (exact) mass is 1210 g/mol. The summed E-state index contributed by atoms with van der Waals surface area (Å²) in [6.45, 7) is 10.0. The molecule has 2 aliphatic rings. The summed E-state index contributed by atoms with van der Waals surface area (Å²) in [4.78, 5) is 20.6. The minimum Gasteiger partial charge on any atom is -0.455 e. The molecule has 444 valence electrons. The van der Waals surface area contributed by atoms with Gasteiger partial charge in [0.25, 0.3) is 0 Å². The van der Waals surface area contributed by atoms with Gasteiger partial charge in [-0.1, -0.05) is 190 Å². The van der Waals surface area contributed by atoms with E-state index in [1.54, 1.807) is 6.20 Å². The van der Waals surface area contributed by atoms with Gasteiger partial charge in [-0.05, 0) is 207 Å². The molecule has 5 heterocycles. The highest BCUT2D eigenvalue weighted by atomic mass is 16.3. The second-order valence-corrected chi connectivity index (χ2v) is 25.1. The lowest BCUT2D eigenvalue weighted by Gasteiger charge is -2.40. The van der Waals surface area contributed by atoms with Crippen LogP contribution in [-0.4, -0.2) is 27.7 Å². The maximum atomic E-state index is 7.74. The van der Waals surface area contributed by atoms with Crippen LogP contribution in [0, 0.1) is 0 Å². The van der Waals surface area contributed by atoms with Gasteiger partial charge in [0.1, 0.15) is 22.6 Å². The maximum absolute atomic E-state index is 7.74. The van der Waals surface area contributed by atoms with Crippen molar-refractivity contribution in [3.05, 3.63) is 302 Å². The van der Waals surface area contributed by atoms with E-state index in [9.17, 15) is 0 Å². The Bertz CT molecular complexity index is 5910. The molecule has 0 fully saturated rings. The quantitative estimate of drug-likeness (QED) is 0.0729. The summed E-state index contributed by atoms with van der Waals surface area (Å²) < 4.78 is 15.3. The van der Waals surface area contributed by atoms with Crippen molar-refractivity contribution < 1.29 is 8.83 Å². The van der Waals surface area contributed by atoms with Gasteiger partial charge >= 0.3 is 0 Å². The predicted octanol–water partition coefficient (Wildman–Crippen LogP) is 23.4. The molecule has 0 saturated carbocycles. The summed E-state index contributed by atoms with van der Waals surface area (Å²) in [5.41, 5.74) is 22.8. The smallest absolute Gasteiger partial charge is 0.159 e. The normalized spacial score (nSPS) is 14.2. The third-order valence-electron chi connectivity index (χ3n) is 19.4. The van der Waals surface area contributed by atoms with Crippen LogP contribution in [0.1, 0.15) is 49.2 Å². The molecule has 0 radical (unpaired) electrons. The lowest BCUT2D eigenvalue weighted by Crippen LogP contribution is -2.35. The molecular weight excluding hydrogens is 1150 g/mol. The molecular formula is C87H59N5O2. The summed E-state index contributed by atoms with van der Waals surface area (Å²) in [5.74, 6) is 0.974. The zero-order valence-corrected chi connectivity index (χ0v) is 52.0. The lowest BCUT2D eigenvalue weighted by atomic mass is 9.80.